The van der Waals surface area contributed by atoms with Gasteiger partial charge < -0.3 is 0 Å². The maximum Gasteiger partial charge on any atom is 0.0471 e. The van der Waals surface area contributed by atoms with Crippen LogP contribution in [0, 0.1) is 0 Å². The van der Waals surface area contributed by atoms with Crippen molar-refractivity contribution in [2.75, 3.05) is 0 Å². The highest BCUT2D eigenvalue weighted by Crippen LogP contribution is 2.54. The van der Waals surface area contributed by atoms with E-state index >= 15 is 0 Å². The molecule has 1 saturated carbocycles. The first-order valence-electron chi connectivity index (χ1n) is 3.66. The summed E-state index contributed by atoms with van der Waals surface area (Å²) in [5.74, 6) is 0. The number of hydrogen-bond donors (Lipinski definition) is 0. The lowest BCUT2D eigenvalue weighted by Gasteiger charge is -2.05. The molecule has 0 unspecified atom stereocenters. The average Bonchev–Trinajstić information content (AvgIpc) is 2.70. The minimum absolute atomic E-state index is 0.447. The summed E-state index contributed by atoms with van der Waals surface area (Å²) in [6, 6.07) is 8.19. The molecule has 0 saturated heterocycles. The van der Waals surface area contributed by atoms with Gasteiger partial charge in [0.2, 0.25) is 0 Å². The second kappa shape index (κ2) is 2.63. The van der Waals surface area contributed by atoms with Crippen molar-refractivity contribution in [1.82, 2.24) is 0 Å². The Labute approximate surface area is 85.1 Å². The second-order valence-electron chi connectivity index (χ2n) is 2.97. The number of hydrogen-bond acceptors (Lipinski definition) is 0. The Morgan fingerprint density at radius 1 is 1.18 bits per heavy atom. The molecule has 0 amide bonds. The Hall–Kier alpha value is 0.240. The van der Waals surface area contributed by atoms with E-state index in [1.165, 1.54) is 18.4 Å². The summed E-state index contributed by atoms with van der Waals surface area (Å²) in [6.07, 6.45) is 2.63. The molecule has 0 N–H and O–H groups in total. The van der Waals surface area contributed by atoms with Crippen molar-refractivity contribution in [1.29, 1.82) is 0 Å². The molecule has 0 aliphatic heterocycles. The molecule has 0 radical (unpaired) electrons. The number of benzene rings is 1. The fourth-order valence-corrected chi connectivity index (χ4v) is 1.90. The minimum Gasteiger partial charge on any atom is -0.0843 e. The summed E-state index contributed by atoms with van der Waals surface area (Å²) in [7, 11) is 0. The number of rotatable bonds is 1. The summed E-state index contributed by atoms with van der Waals surface area (Å²) in [5.41, 5.74) is 1.42. The van der Waals surface area contributed by atoms with Crippen LogP contribution in [0.3, 0.4) is 0 Å². The Balaban J connectivity index is 2.33. The first-order valence-corrected chi connectivity index (χ1v) is 5.11. The first-order chi connectivity index (χ1) is 5.21. The van der Waals surface area contributed by atoms with E-state index in [-0.39, 0.29) is 0 Å². The molecule has 2 rings (SSSR count). The van der Waals surface area contributed by atoms with Crippen molar-refractivity contribution in [3.63, 3.8) is 0 Å². The second-order valence-corrected chi connectivity index (χ2v) is 5.47. The van der Waals surface area contributed by atoms with Gasteiger partial charge in [-0.3, -0.25) is 0 Å². The molecule has 1 aromatic carbocycles. The van der Waals surface area contributed by atoms with Gasteiger partial charge >= 0.3 is 0 Å². The molecule has 0 heterocycles. The van der Waals surface area contributed by atoms with Crippen molar-refractivity contribution in [3.8, 4) is 0 Å². The van der Waals surface area contributed by atoms with E-state index in [1.54, 1.807) is 0 Å². The normalized spacial score (nSPS) is 19.8. The third kappa shape index (κ3) is 1.54. The van der Waals surface area contributed by atoms with Crippen LogP contribution in [0.2, 0.25) is 5.02 Å². The third-order valence-electron chi connectivity index (χ3n) is 2.05. The van der Waals surface area contributed by atoms with Gasteiger partial charge in [0, 0.05) is 8.44 Å². The predicted octanol–water partition coefficient (Wildman–Crippen LogP) is 3.76. The SMILES string of the molecule is Clc1ccc(C2(I)CC2)cc1. The summed E-state index contributed by atoms with van der Waals surface area (Å²) >= 11 is 8.30. The largest absolute Gasteiger partial charge is 0.0843 e. The standard InChI is InChI=1S/C9H8ClI/c10-8-3-1-7(2-4-8)9(11)5-6-9/h1-4H,5-6H2. The average molecular weight is 279 g/mol. The van der Waals surface area contributed by atoms with Gasteiger partial charge in [-0.2, -0.15) is 0 Å². The van der Waals surface area contributed by atoms with E-state index in [2.05, 4.69) is 34.7 Å². The van der Waals surface area contributed by atoms with E-state index in [1.807, 2.05) is 12.1 Å². The third-order valence-corrected chi connectivity index (χ3v) is 4.00. The van der Waals surface area contributed by atoms with Crippen LogP contribution < -0.4 is 0 Å². The van der Waals surface area contributed by atoms with Gasteiger partial charge in [0.1, 0.15) is 0 Å². The molecular weight excluding hydrogens is 270 g/mol. The van der Waals surface area contributed by atoms with Crippen LogP contribution in [0.25, 0.3) is 0 Å². The lowest BCUT2D eigenvalue weighted by atomic mass is 10.1. The molecule has 11 heavy (non-hydrogen) atoms. The van der Waals surface area contributed by atoms with Crippen LogP contribution in [-0.2, 0) is 3.42 Å². The molecule has 2 heteroatoms. The van der Waals surface area contributed by atoms with E-state index < -0.39 is 0 Å². The van der Waals surface area contributed by atoms with E-state index in [9.17, 15) is 0 Å². The van der Waals surface area contributed by atoms with Crippen molar-refractivity contribution in [2.45, 2.75) is 16.3 Å². The molecule has 0 nitrogen and oxygen atoms in total. The molecule has 0 aromatic heterocycles. The maximum absolute atomic E-state index is 5.78. The monoisotopic (exact) mass is 278 g/mol. The Bertz CT molecular complexity index is 261. The molecule has 1 fully saturated rings. The van der Waals surface area contributed by atoms with Gasteiger partial charge in [0.25, 0.3) is 0 Å². The highest BCUT2D eigenvalue weighted by atomic mass is 127. The van der Waals surface area contributed by atoms with Crippen LogP contribution in [0.1, 0.15) is 18.4 Å². The Kier molecular flexibility index (Phi) is 1.88. The fourth-order valence-electron chi connectivity index (χ4n) is 1.15. The highest BCUT2D eigenvalue weighted by Gasteiger charge is 2.41. The van der Waals surface area contributed by atoms with Gasteiger partial charge in [0.15, 0.2) is 0 Å². The molecule has 58 valence electrons. The zero-order chi connectivity index (χ0) is 7.90. The van der Waals surface area contributed by atoms with Gasteiger partial charge in [0.05, 0.1) is 0 Å². The zero-order valence-corrected chi connectivity index (χ0v) is 8.89. The number of alkyl halides is 1. The van der Waals surface area contributed by atoms with Gasteiger partial charge in [-0.25, -0.2) is 0 Å². The van der Waals surface area contributed by atoms with Gasteiger partial charge in [-0.15, -0.1) is 0 Å². The summed E-state index contributed by atoms with van der Waals surface area (Å²) in [5, 5.41) is 0.828. The molecule has 1 aromatic rings. The minimum atomic E-state index is 0.447. The van der Waals surface area contributed by atoms with Crippen molar-refractivity contribution in [2.24, 2.45) is 0 Å². The predicted molar refractivity (Wildman–Crippen MR) is 56.4 cm³/mol. The van der Waals surface area contributed by atoms with E-state index in [4.69, 9.17) is 11.6 Å². The Morgan fingerprint density at radius 3 is 2.18 bits per heavy atom. The van der Waals surface area contributed by atoms with Crippen molar-refractivity contribution in [3.05, 3.63) is 34.9 Å². The molecular formula is C9H8ClI. The van der Waals surface area contributed by atoms with Crippen LogP contribution in [0.15, 0.2) is 24.3 Å². The van der Waals surface area contributed by atoms with Crippen LogP contribution in [0.5, 0.6) is 0 Å². The smallest absolute Gasteiger partial charge is 0.0471 e. The van der Waals surface area contributed by atoms with Crippen LogP contribution in [0.4, 0.5) is 0 Å². The van der Waals surface area contributed by atoms with Crippen LogP contribution >= 0.6 is 34.2 Å². The molecule has 1 aliphatic rings. The zero-order valence-electron chi connectivity index (χ0n) is 5.98. The first kappa shape index (κ1) is 7.87. The van der Waals surface area contributed by atoms with E-state index in [0.717, 1.165) is 5.02 Å². The van der Waals surface area contributed by atoms with Crippen molar-refractivity contribution < 1.29 is 0 Å². The van der Waals surface area contributed by atoms with Gasteiger partial charge in [-0.05, 0) is 30.5 Å². The van der Waals surface area contributed by atoms with E-state index in [0.29, 0.717) is 3.42 Å². The highest BCUT2D eigenvalue weighted by molar-refractivity contribution is 14.1. The topological polar surface area (TPSA) is 0 Å². The molecule has 1 aliphatic carbocycles. The quantitative estimate of drug-likeness (QED) is 0.542. The number of halogens is 2. The van der Waals surface area contributed by atoms with Crippen molar-refractivity contribution >= 4 is 34.2 Å². The lowest BCUT2D eigenvalue weighted by molar-refractivity contribution is 1.09. The fraction of sp³-hybridized carbons (Fsp3) is 0.333. The summed E-state index contributed by atoms with van der Waals surface area (Å²) in [4.78, 5) is 0. The Morgan fingerprint density at radius 2 is 1.73 bits per heavy atom. The summed E-state index contributed by atoms with van der Waals surface area (Å²) in [6.45, 7) is 0. The lowest BCUT2D eigenvalue weighted by Crippen LogP contribution is -1.92. The molecule has 0 spiro atoms. The summed E-state index contributed by atoms with van der Waals surface area (Å²) < 4.78 is 0.447. The molecule has 0 bridgehead atoms. The van der Waals surface area contributed by atoms with Crippen LogP contribution in [-0.4, -0.2) is 0 Å². The molecule has 0 atom stereocenters. The maximum atomic E-state index is 5.78. The van der Waals surface area contributed by atoms with Gasteiger partial charge in [-0.1, -0.05) is 46.3 Å².